The number of benzene rings is 2. The van der Waals surface area contributed by atoms with Crippen molar-refractivity contribution in [3.05, 3.63) is 62.0 Å². The molecule has 0 aliphatic carbocycles. The van der Waals surface area contributed by atoms with Crippen LogP contribution in [0.2, 0.25) is 0 Å². The summed E-state index contributed by atoms with van der Waals surface area (Å²) in [6.45, 7) is 0. The van der Waals surface area contributed by atoms with Crippen LogP contribution in [-0.2, 0) is 0 Å². The van der Waals surface area contributed by atoms with Crippen molar-refractivity contribution in [2.24, 2.45) is 5.10 Å². The second-order valence-electron chi connectivity index (χ2n) is 4.21. The summed E-state index contributed by atoms with van der Waals surface area (Å²) in [7, 11) is 0. The first-order valence-corrected chi connectivity index (χ1v) is 7.61. The zero-order valence-corrected chi connectivity index (χ0v) is 14.2. The Kier molecular flexibility index (Phi) is 5.31. The van der Waals surface area contributed by atoms with Gasteiger partial charge in [-0.15, -0.1) is 0 Å². The van der Waals surface area contributed by atoms with Crippen LogP contribution in [0.5, 0.6) is 5.75 Å². The number of nitriles is 1. The van der Waals surface area contributed by atoms with Crippen LogP contribution in [-0.4, -0.2) is 17.2 Å². The van der Waals surface area contributed by atoms with E-state index in [0.29, 0.717) is 21.2 Å². The first-order chi connectivity index (χ1) is 10.5. The van der Waals surface area contributed by atoms with Crippen molar-refractivity contribution in [1.29, 1.82) is 5.26 Å². The average Bonchev–Trinajstić information content (AvgIpc) is 2.49. The Morgan fingerprint density at radius 1 is 1.27 bits per heavy atom. The van der Waals surface area contributed by atoms with Crippen LogP contribution in [0.15, 0.2) is 50.4 Å². The Morgan fingerprint density at radius 2 is 2.05 bits per heavy atom. The molecule has 0 bridgehead atoms. The maximum absolute atomic E-state index is 12.0. The predicted octanol–water partition coefficient (Wildman–Crippen LogP) is 3.55. The lowest BCUT2D eigenvalue weighted by Gasteiger charge is -2.03. The van der Waals surface area contributed by atoms with E-state index in [1.807, 2.05) is 6.07 Å². The molecule has 0 heterocycles. The van der Waals surface area contributed by atoms with Gasteiger partial charge in [-0.2, -0.15) is 10.4 Å². The molecule has 7 heteroatoms. The van der Waals surface area contributed by atoms with Gasteiger partial charge >= 0.3 is 0 Å². The quantitative estimate of drug-likeness (QED) is 0.585. The van der Waals surface area contributed by atoms with Crippen LogP contribution in [0.3, 0.4) is 0 Å². The average molecular weight is 423 g/mol. The largest absolute Gasteiger partial charge is 0.507 e. The van der Waals surface area contributed by atoms with E-state index in [4.69, 9.17) is 5.26 Å². The third-order valence-electron chi connectivity index (χ3n) is 2.70. The van der Waals surface area contributed by atoms with E-state index in [1.165, 1.54) is 24.4 Å². The van der Waals surface area contributed by atoms with Crippen LogP contribution in [0, 0.1) is 11.3 Å². The summed E-state index contributed by atoms with van der Waals surface area (Å²) in [5.41, 5.74) is 3.52. The van der Waals surface area contributed by atoms with Crippen LogP contribution in [0.4, 0.5) is 0 Å². The number of nitrogens with zero attached hydrogens (tertiary/aromatic N) is 2. The first-order valence-electron chi connectivity index (χ1n) is 6.03. The molecule has 0 aliphatic heterocycles. The molecule has 2 rings (SSSR count). The van der Waals surface area contributed by atoms with Gasteiger partial charge < -0.3 is 5.11 Å². The highest BCUT2D eigenvalue weighted by atomic mass is 79.9. The second kappa shape index (κ2) is 7.20. The lowest BCUT2D eigenvalue weighted by Crippen LogP contribution is -2.18. The number of halogens is 2. The molecule has 22 heavy (non-hydrogen) atoms. The highest BCUT2D eigenvalue weighted by molar-refractivity contribution is 9.11. The van der Waals surface area contributed by atoms with E-state index in [2.05, 4.69) is 42.4 Å². The molecule has 1 amide bonds. The molecule has 0 fully saturated rings. The van der Waals surface area contributed by atoms with Crippen molar-refractivity contribution in [3.8, 4) is 11.8 Å². The lowest BCUT2D eigenvalue weighted by molar-refractivity contribution is 0.0954. The Bertz CT molecular complexity index is 798. The van der Waals surface area contributed by atoms with Gasteiger partial charge in [-0.25, -0.2) is 5.43 Å². The fraction of sp³-hybridized carbons (Fsp3) is 0. The number of hydrogen-bond donors (Lipinski definition) is 2. The molecule has 2 N–H and O–H groups in total. The SMILES string of the molecule is N#Cc1ccc(O)c(/C=N/NC(=O)c2ccc(Br)cc2Br)c1. The molecule has 0 spiro atoms. The molecular weight excluding hydrogens is 414 g/mol. The van der Waals surface area contributed by atoms with Gasteiger partial charge in [0.25, 0.3) is 5.91 Å². The molecule has 110 valence electrons. The molecule has 0 radical (unpaired) electrons. The smallest absolute Gasteiger partial charge is 0.272 e. The first kappa shape index (κ1) is 16.2. The number of hydrogen-bond acceptors (Lipinski definition) is 4. The summed E-state index contributed by atoms with van der Waals surface area (Å²) in [5.74, 6) is -0.423. The van der Waals surface area contributed by atoms with E-state index >= 15 is 0 Å². The molecule has 0 aliphatic rings. The number of hydrazone groups is 1. The number of amides is 1. The summed E-state index contributed by atoms with van der Waals surface area (Å²) in [6, 6.07) is 11.5. The monoisotopic (exact) mass is 421 g/mol. The molecule has 2 aromatic rings. The molecule has 0 unspecified atom stereocenters. The highest BCUT2D eigenvalue weighted by Gasteiger charge is 2.09. The summed E-state index contributed by atoms with van der Waals surface area (Å²) in [6.07, 6.45) is 1.28. The third-order valence-corrected chi connectivity index (χ3v) is 3.85. The van der Waals surface area contributed by atoms with Crippen LogP contribution in [0.1, 0.15) is 21.5 Å². The highest BCUT2D eigenvalue weighted by Crippen LogP contribution is 2.22. The number of carbonyl (C=O) groups excluding carboxylic acids is 1. The molecule has 0 saturated carbocycles. The van der Waals surface area contributed by atoms with Crippen LogP contribution in [0.25, 0.3) is 0 Å². The van der Waals surface area contributed by atoms with Gasteiger partial charge in [-0.1, -0.05) is 15.9 Å². The number of phenolic OH excluding ortho intramolecular Hbond substituents is 1. The Labute approximate surface area is 143 Å². The predicted molar refractivity (Wildman–Crippen MR) is 89.7 cm³/mol. The second-order valence-corrected chi connectivity index (χ2v) is 5.98. The number of nitrogens with one attached hydrogen (secondary N) is 1. The maximum Gasteiger partial charge on any atom is 0.272 e. The van der Waals surface area contributed by atoms with E-state index in [-0.39, 0.29) is 5.75 Å². The van der Waals surface area contributed by atoms with Crippen molar-refractivity contribution in [3.63, 3.8) is 0 Å². The van der Waals surface area contributed by atoms with Gasteiger partial charge in [0.05, 0.1) is 23.4 Å². The lowest BCUT2D eigenvalue weighted by atomic mass is 10.1. The Morgan fingerprint density at radius 3 is 2.73 bits per heavy atom. The van der Waals surface area contributed by atoms with E-state index in [0.717, 1.165) is 4.47 Å². The van der Waals surface area contributed by atoms with Gasteiger partial charge in [0.1, 0.15) is 5.75 Å². The molecule has 5 nitrogen and oxygen atoms in total. The third kappa shape index (κ3) is 3.93. The van der Waals surface area contributed by atoms with Gasteiger partial charge in [0.15, 0.2) is 0 Å². The van der Waals surface area contributed by atoms with Crippen LogP contribution < -0.4 is 5.43 Å². The Balaban J connectivity index is 2.12. The van der Waals surface area contributed by atoms with Crippen molar-refractivity contribution in [2.45, 2.75) is 0 Å². The molecule has 2 aromatic carbocycles. The number of phenols is 1. The molecule has 0 saturated heterocycles. The normalized spacial score (nSPS) is 10.4. The minimum absolute atomic E-state index is 0.0261. The van der Waals surface area contributed by atoms with Gasteiger partial charge in [0.2, 0.25) is 0 Å². The fourth-order valence-electron chi connectivity index (χ4n) is 1.62. The van der Waals surface area contributed by atoms with Crippen molar-refractivity contribution >= 4 is 44.0 Å². The minimum atomic E-state index is -0.397. The number of rotatable bonds is 3. The van der Waals surface area contributed by atoms with Gasteiger partial charge in [-0.3, -0.25) is 4.79 Å². The van der Waals surface area contributed by atoms with Gasteiger partial charge in [-0.05, 0) is 52.3 Å². The minimum Gasteiger partial charge on any atom is -0.507 e. The zero-order valence-electron chi connectivity index (χ0n) is 11.0. The Hall–Kier alpha value is -2.17. The van der Waals surface area contributed by atoms with Crippen molar-refractivity contribution < 1.29 is 9.90 Å². The number of aromatic hydroxyl groups is 1. The zero-order chi connectivity index (χ0) is 16.1. The molecule has 0 aromatic heterocycles. The van der Waals surface area contributed by atoms with E-state index < -0.39 is 5.91 Å². The maximum atomic E-state index is 12.0. The van der Waals surface area contributed by atoms with Crippen LogP contribution >= 0.6 is 31.9 Å². The molecule has 0 atom stereocenters. The fourth-order valence-corrected chi connectivity index (χ4v) is 2.85. The van der Waals surface area contributed by atoms with Crippen molar-refractivity contribution in [2.75, 3.05) is 0 Å². The van der Waals surface area contributed by atoms with E-state index in [1.54, 1.807) is 18.2 Å². The topological polar surface area (TPSA) is 85.5 Å². The number of carbonyl (C=O) groups is 1. The summed E-state index contributed by atoms with van der Waals surface area (Å²) < 4.78 is 1.47. The van der Waals surface area contributed by atoms with Crippen molar-refractivity contribution in [1.82, 2.24) is 5.43 Å². The standard InChI is InChI=1S/C15H9Br2N3O2/c16-11-2-3-12(13(17)6-11)15(22)20-19-8-10-5-9(7-18)1-4-14(10)21/h1-6,8,21H,(H,20,22)/b19-8+. The summed E-state index contributed by atoms with van der Waals surface area (Å²) >= 11 is 6.60. The van der Waals surface area contributed by atoms with Gasteiger partial charge in [0, 0.05) is 14.5 Å². The summed E-state index contributed by atoms with van der Waals surface area (Å²) in [4.78, 5) is 12.0. The molecular formula is C15H9Br2N3O2. The summed E-state index contributed by atoms with van der Waals surface area (Å²) in [5, 5.41) is 22.3. The van der Waals surface area contributed by atoms with E-state index in [9.17, 15) is 9.90 Å².